The maximum atomic E-state index is 12.4. The highest BCUT2D eigenvalue weighted by Crippen LogP contribution is 2.44. The van der Waals surface area contributed by atoms with Gasteiger partial charge in [-0.2, -0.15) is 0 Å². The summed E-state index contributed by atoms with van der Waals surface area (Å²) in [5.41, 5.74) is 0.0497. The number of hydrogen-bond donors (Lipinski definition) is 8. The van der Waals surface area contributed by atoms with Gasteiger partial charge in [0.25, 0.3) is 0 Å². The van der Waals surface area contributed by atoms with Gasteiger partial charge in [0.15, 0.2) is 34.7 Å². The Labute approximate surface area is 253 Å². The first-order valence-corrected chi connectivity index (χ1v) is 14.0. The highest BCUT2D eigenvalue weighted by molar-refractivity contribution is 6.09. The predicted molar refractivity (Wildman–Crippen MR) is 151 cm³/mol. The molecular weight excluding hydrogens is 600 g/mol. The van der Waals surface area contributed by atoms with E-state index in [1.807, 2.05) is 0 Å². The minimum atomic E-state index is -1.82. The number of phenols is 2. The predicted octanol–water partition coefficient (Wildman–Crippen LogP) is -0.0437. The number of aryl methyl sites for hydroxylation is 1. The topological polar surface area (TPSA) is 242 Å². The zero-order valence-corrected chi connectivity index (χ0v) is 23.9. The maximum absolute atomic E-state index is 12.4. The quantitative estimate of drug-likeness (QED) is 0.130. The van der Waals surface area contributed by atoms with Crippen molar-refractivity contribution in [2.75, 3.05) is 6.61 Å². The van der Waals surface area contributed by atoms with E-state index in [-0.39, 0.29) is 28.2 Å². The molecule has 4 heterocycles. The van der Waals surface area contributed by atoms with E-state index in [1.54, 1.807) is 13.0 Å². The fourth-order valence-corrected chi connectivity index (χ4v) is 5.51. The summed E-state index contributed by atoms with van der Waals surface area (Å²) in [6.07, 6.45) is -15.3. The van der Waals surface area contributed by atoms with Crippen molar-refractivity contribution in [2.24, 2.45) is 0 Å². The number of rotatable bonds is 6. The summed E-state index contributed by atoms with van der Waals surface area (Å²) in [4.78, 5) is 12.4. The summed E-state index contributed by atoms with van der Waals surface area (Å²) in [5.74, 6) is -0.658. The van der Waals surface area contributed by atoms with Crippen LogP contribution in [0.15, 0.2) is 50.0 Å². The van der Waals surface area contributed by atoms with Gasteiger partial charge in [-0.15, -0.1) is 0 Å². The SMILES string of the molecule is Cc1cc2c(OC3OC(COC4OC(C)C(O)C(O)C4O)C(O)C(O)C3O)c(-c3ccc(O)c(O)c3)oc3cc(=O)cc(o1)c32. The average Bonchev–Trinajstić information content (AvgIpc) is 2.99. The summed E-state index contributed by atoms with van der Waals surface area (Å²) < 4.78 is 34.8. The number of benzene rings is 2. The molecule has 2 fully saturated rings. The third-order valence-corrected chi connectivity index (χ3v) is 7.96. The van der Waals surface area contributed by atoms with Gasteiger partial charge in [-0.3, -0.25) is 4.79 Å². The molecular formula is C30H32O15. The second-order valence-corrected chi connectivity index (χ2v) is 11.2. The molecule has 0 radical (unpaired) electrons. The van der Waals surface area contributed by atoms with Crippen molar-refractivity contribution < 1.29 is 68.6 Å². The first-order valence-electron chi connectivity index (χ1n) is 14.0. The largest absolute Gasteiger partial charge is 0.504 e. The van der Waals surface area contributed by atoms with E-state index < -0.39 is 84.9 Å². The van der Waals surface area contributed by atoms with Crippen LogP contribution in [0.5, 0.6) is 17.2 Å². The van der Waals surface area contributed by atoms with Crippen LogP contribution < -0.4 is 10.2 Å². The molecule has 2 aliphatic rings. The van der Waals surface area contributed by atoms with Gasteiger partial charge in [0.05, 0.1) is 18.1 Å². The van der Waals surface area contributed by atoms with Crippen LogP contribution in [-0.4, -0.2) is 109 Å². The molecule has 2 saturated heterocycles. The number of ether oxygens (including phenoxy) is 4. The molecule has 10 unspecified atom stereocenters. The van der Waals surface area contributed by atoms with Crippen molar-refractivity contribution in [3.8, 4) is 28.6 Å². The van der Waals surface area contributed by atoms with E-state index in [0.29, 0.717) is 16.5 Å². The Morgan fingerprint density at radius 3 is 2.13 bits per heavy atom. The van der Waals surface area contributed by atoms with Gasteiger partial charge in [0.2, 0.25) is 6.29 Å². The molecule has 0 saturated carbocycles. The molecule has 15 heteroatoms. The van der Waals surface area contributed by atoms with Crippen LogP contribution in [0.4, 0.5) is 0 Å². The van der Waals surface area contributed by atoms with Crippen molar-refractivity contribution >= 4 is 21.9 Å². The van der Waals surface area contributed by atoms with Crippen molar-refractivity contribution in [3.05, 3.63) is 52.4 Å². The van der Waals surface area contributed by atoms with Gasteiger partial charge in [-0.05, 0) is 38.1 Å². The first-order chi connectivity index (χ1) is 21.3. The Morgan fingerprint density at radius 2 is 1.42 bits per heavy atom. The third-order valence-electron chi connectivity index (χ3n) is 7.96. The Kier molecular flexibility index (Phi) is 8.23. The minimum absolute atomic E-state index is 0.0558. The number of aliphatic hydroxyl groups is 6. The van der Waals surface area contributed by atoms with Gasteiger partial charge < -0.3 is 68.6 Å². The lowest BCUT2D eigenvalue weighted by molar-refractivity contribution is -0.318. The molecule has 15 nitrogen and oxygen atoms in total. The fraction of sp³-hybridized carbons (Fsp3) is 0.433. The first kappa shape index (κ1) is 31.2. The van der Waals surface area contributed by atoms with Gasteiger partial charge in [0, 0.05) is 23.1 Å². The van der Waals surface area contributed by atoms with Crippen LogP contribution >= 0.6 is 0 Å². The van der Waals surface area contributed by atoms with Crippen LogP contribution in [0, 0.1) is 6.92 Å². The summed E-state index contributed by atoms with van der Waals surface area (Å²) in [6.45, 7) is 2.58. The van der Waals surface area contributed by atoms with Crippen molar-refractivity contribution in [1.82, 2.24) is 0 Å². The minimum Gasteiger partial charge on any atom is -0.504 e. The zero-order valence-electron chi connectivity index (χ0n) is 23.9. The highest BCUT2D eigenvalue weighted by Gasteiger charge is 2.47. The molecule has 242 valence electrons. The molecule has 0 aliphatic carbocycles. The second-order valence-electron chi connectivity index (χ2n) is 11.2. The smallest absolute Gasteiger partial charge is 0.229 e. The van der Waals surface area contributed by atoms with E-state index in [4.69, 9.17) is 27.8 Å². The van der Waals surface area contributed by atoms with E-state index >= 15 is 0 Å². The molecule has 45 heavy (non-hydrogen) atoms. The molecule has 10 atom stereocenters. The van der Waals surface area contributed by atoms with E-state index in [0.717, 1.165) is 0 Å². The Bertz CT molecular complexity index is 1760. The van der Waals surface area contributed by atoms with Crippen LogP contribution in [0.1, 0.15) is 12.7 Å². The molecule has 2 aromatic carbocycles. The van der Waals surface area contributed by atoms with Gasteiger partial charge in [-0.1, -0.05) is 0 Å². The number of hydrogen-bond acceptors (Lipinski definition) is 15. The monoisotopic (exact) mass is 632 g/mol. The summed E-state index contributed by atoms with van der Waals surface area (Å²) >= 11 is 0. The molecule has 2 aromatic heterocycles. The summed E-state index contributed by atoms with van der Waals surface area (Å²) in [5, 5.41) is 83.4. The highest BCUT2D eigenvalue weighted by atomic mass is 16.7. The van der Waals surface area contributed by atoms with Crippen molar-refractivity contribution in [1.29, 1.82) is 0 Å². The van der Waals surface area contributed by atoms with Gasteiger partial charge in [0.1, 0.15) is 59.7 Å². The molecule has 0 bridgehead atoms. The molecule has 6 rings (SSSR count). The van der Waals surface area contributed by atoms with Crippen molar-refractivity contribution in [3.63, 3.8) is 0 Å². The molecule has 4 aromatic rings. The fourth-order valence-electron chi connectivity index (χ4n) is 5.51. The van der Waals surface area contributed by atoms with Crippen LogP contribution in [0.2, 0.25) is 0 Å². The maximum Gasteiger partial charge on any atom is 0.229 e. The lowest BCUT2D eigenvalue weighted by Gasteiger charge is -2.42. The number of aromatic hydroxyl groups is 2. The molecule has 0 amide bonds. The Hall–Kier alpha value is -3.77. The summed E-state index contributed by atoms with van der Waals surface area (Å²) in [7, 11) is 0. The second kappa shape index (κ2) is 11.9. The van der Waals surface area contributed by atoms with Crippen LogP contribution in [-0.2, 0) is 14.2 Å². The lowest BCUT2D eigenvalue weighted by Crippen LogP contribution is -2.61. The van der Waals surface area contributed by atoms with Crippen LogP contribution in [0.3, 0.4) is 0 Å². The van der Waals surface area contributed by atoms with E-state index in [2.05, 4.69) is 0 Å². The standard InChI is InChI=1S/C30H32O15/c1-10-5-14-20-17(41-10)7-13(31)8-18(20)43-27(12-3-4-15(32)16(33)6-12)28(14)45-30-26(39)24(37)22(35)19(44-30)9-40-29-25(38)23(36)21(34)11(2)42-29/h3-8,11,19,21-26,29-30,32-39H,9H2,1-2H3. The molecule has 0 spiro atoms. The average molecular weight is 633 g/mol. The lowest BCUT2D eigenvalue weighted by atomic mass is 9.98. The number of phenolic OH excluding ortho intramolecular Hbond substituents is 2. The Morgan fingerprint density at radius 1 is 0.756 bits per heavy atom. The third kappa shape index (κ3) is 5.63. The normalized spacial score (nSPS) is 32.3. The Balaban J connectivity index is 1.38. The molecule has 8 N–H and O–H groups in total. The van der Waals surface area contributed by atoms with Crippen LogP contribution in [0.25, 0.3) is 33.3 Å². The molecule has 2 aliphatic heterocycles. The number of aliphatic hydroxyl groups excluding tert-OH is 6. The summed E-state index contributed by atoms with van der Waals surface area (Å²) in [6, 6.07) is 7.87. The van der Waals surface area contributed by atoms with E-state index in [9.17, 15) is 45.6 Å². The zero-order chi connectivity index (χ0) is 32.3. The van der Waals surface area contributed by atoms with E-state index in [1.165, 1.54) is 37.3 Å². The van der Waals surface area contributed by atoms with Gasteiger partial charge in [-0.25, -0.2) is 0 Å². The van der Waals surface area contributed by atoms with Crippen molar-refractivity contribution in [2.45, 2.75) is 75.3 Å². The van der Waals surface area contributed by atoms with Gasteiger partial charge >= 0.3 is 0 Å².